The van der Waals surface area contributed by atoms with Crippen molar-refractivity contribution in [1.82, 2.24) is 10.6 Å². The van der Waals surface area contributed by atoms with Crippen molar-refractivity contribution in [2.45, 2.75) is 13.8 Å². The SMILES string of the molecule is C/C(=N/NC(=O)c1c(C)noc1N)c1ccc(Cl)cc1. The molecule has 0 saturated carbocycles. The van der Waals surface area contributed by atoms with Gasteiger partial charge in [0, 0.05) is 5.02 Å². The quantitative estimate of drug-likeness (QED) is 0.671. The van der Waals surface area contributed by atoms with Crippen molar-refractivity contribution >= 4 is 29.1 Å². The van der Waals surface area contributed by atoms with Crippen LogP contribution in [-0.4, -0.2) is 16.8 Å². The molecule has 1 aromatic carbocycles. The zero-order valence-corrected chi connectivity index (χ0v) is 11.7. The van der Waals surface area contributed by atoms with Crippen molar-refractivity contribution in [3.8, 4) is 0 Å². The highest BCUT2D eigenvalue weighted by Gasteiger charge is 2.17. The van der Waals surface area contributed by atoms with Gasteiger partial charge in [0.1, 0.15) is 5.56 Å². The van der Waals surface area contributed by atoms with Crippen molar-refractivity contribution in [1.29, 1.82) is 0 Å². The Morgan fingerprint density at radius 3 is 2.60 bits per heavy atom. The van der Waals surface area contributed by atoms with Gasteiger partial charge in [0.25, 0.3) is 5.91 Å². The van der Waals surface area contributed by atoms with Gasteiger partial charge in [0.2, 0.25) is 5.88 Å². The number of halogens is 1. The molecule has 1 amide bonds. The summed E-state index contributed by atoms with van der Waals surface area (Å²) in [7, 11) is 0. The van der Waals surface area contributed by atoms with E-state index in [2.05, 4.69) is 15.7 Å². The molecule has 1 aromatic heterocycles. The number of benzene rings is 1. The van der Waals surface area contributed by atoms with Crippen LogP contribution in [0.25, 0.3) is 0 Å². The number of carbonyl (C=O) groups excluding carboxylic acids is 1. The average Bonchev–Trinajstić information content (AvgIpc) is 2.76. The second kappa shape index (κ2) is 5.75. The molecular weight excluding hydrogens is 280 g/mol. The van der Waals surface area contributed by atoms with Crippen LogP contribution in [0.5, 0.6) is 0 Å². The van der Waals surface area contributed by atoms with Crippen molar-refractivity contribution in [3.05, 3.63) is 46.1 Å². The van der Waals surface area contributed by atoms with Crippen LogP contribution in [0.4, 0.5) is 5.88 Å². The summed E-state index contributed by atoms with van der Waals surface area (Å²) >= 11 is 5.81. The van der Waals surface area contributed by atoms with E-state index >= 15 is 0 Å². The number of hydrogen-bond acceptors (Lipinski definition) is 5. The number of aromatic nitrogens is 1. The molecule has 2 aromatic rings. The smallest absolute Gasteiger partial charge is 0.278 e. The summed E-state index contributed by atoms with van der Waals surface area (Å²) in [6.07, 6.45) is 0. The maximum absolute atomic E-state index is 11.9. The fraction of sp³-hybridized carbons (Fsp3) is 0.154. The molecule has 0 spiro atoms. The van der Waals surface area contributed by atoms with Crippen LogP contribution in [0.1, 0.15) is 28.5 Å². The van der Waals surface area contributed by atoms with Crippen LogP contribution in [0.2, 0.25) is 5.02 Å². The standard InChI is InChI=1S/C13H13ClN4O2/c1-7(9-3-5-10(14)6-4-9)16-17-13(19)11-8(2)18-20-12(11)15/h3-6H,15H2,1-2H3,(H,17,19)/b16-7-. The molecule has 0 atom stereocenters. The van der Waals surface area contributed by atoms with E-state index in [1.807, 2.05) is 12.1 Å². The van der Waals surface area contributed by atoms with E-state index in [9.17, 15) is 4.79 Å². The van der Waals surface area contributed by atoms with E-state index in [1.165, 1.54) is 0 Å². The first-order valence-electron chi connectivity index (χ1n) is 5.81. The second-order valence-corrected chi connectivity index (χ2v) is 4.59. The molecule has 0 saturated heterocycles. The number of rotatable bonds is 3. The third-order valence-corrected chi connectivity index (χ3v) is 2.96. The van der Waals surface area contributed by atoms with E-state index in [0.29, 0.717) is 16.4 Å². The topological polar surface area (TPSA) is 93.5 Å². The van der Waals surface area contributed by atoms with Crippen LogP contribution in [-0.2, 0) is 0 Å². The molecule has 0 aliphatic carbocycles. The molecule has 0 unspecified atom stereocenters. The molecule has 0 bridgehead atoms. The van der Waals surface area contributed by atoms with Gasteiger partial charge in [-0.3, -0.25) is 4.79 Å². The maximum Gasteiger partial charge on any atom is 0.278 e. The van der Waals surface area contributed by atoms with Gasteiger partial charge in [-0.1, -0.05) is 28.9 Å². The Hall–Kier alpha value is -2.34. The Balaban J connectivity index is 2.13. The van der Waals surface area contributed by atoms with Crippen LogP contribution in [0.15, 0.2) is 33.9 Å². The predicted octanol–water partition coefficient (Wildman–Crippen LogP) is 2.37. The summed E-state index contributed by atoms with van der Waals surface area (Å²) in [5.41, 5.74) is 10.0. The number of anilines is 1. The zero-order valence-electron chi connectivity index (χ0n) is 11.0. The van der Waals surface area contributed by atoms with Gasteiger partial charge < -0.3 is 10.3 Å². The normalized spacial score (nSPS) is 11.4. The van der Waals surface area contributed by atoms with Crippen LogP contribution in [0, 0.1) is 6.92 Å². The number of nitrogens with zero attached hydrogens (tertiary/aromatic N) is 2. The number of amides is 1. The van der Waals surface area contributed by atoms with E-state index in [4.69, 9.17) is 21.9 Å². The van der Waals surface area contributed by atoms with Crippen molar-refractivity contribution in [2.75, 3.05) is 5.73 Å². The number of nitrogens with two attached hydrogens (primary N) is 1. The highest BCUT2D eigenvalue weighted by Crippen LogP contribution is 2.15. The largest absolute Gasteiger partial charge is 0.367 e. The highest BCUT2D eigenvalue weighted by molar-refractivity contribution is 6.30. The number of nitrogens with one attached hydrogen (secondary N) is 1. The number of hydrogen-bond donors (Lipinski definition) is 2. The van der Waals surface area contributed by atoms with Crippen molar-refractivity contribution in [3.63, 3.8) is 0 Å². The number of hydrazone groups is 1. The molecule has 104 valence electrons. The lowest BCUT2D eigenvalue weighted by Gasteiger charge is -2.02. The van der Waals surface area contributed by atoms with Crippen LogP contribution in [0.3, 0.4) is 0 Å². The maximum atomic E-state index is 11.9. The van der Waals surface area contributed by atoms with Crippen LogP contribution >= 0.6 is 11.6 Å². The summed E-state index contributed by atoms with van der Waals surface area (Å²) < 4.78 is 4.72. The first-order chi connectivity index (χ1) is 9.49. The average molecular weight is 293 g/mol. The number of nitrogen functional groups attached to an aromatic ring is 1. The number of carbonyl (C=O) groups is 1. The lowest BCUT2D eigenvalue weighted by molar-refractivity contribution is 0.0955. The Morgan fingerprint density at radius 2 is 2.05 bits per heavy atom. The molecule has 1 heterocycles. The Kier molecular flexibility index (Phi) is 4.05. The summed E-state index contributed by atoms with van der Waals surface area (Å²) in [5.74, 6) is -0.492. The third-order valence-electron chi connectivity index (χ3n) is 2.70. The predicted molar refractivity (Wildman–Crippen MR) is 76.8 cm³/mol. The molecule has 0 radical (unpaired) electrons. The van der Waals surface area contributed by atoms with E-state index < -0.39 is 5.91 Å². The fourth-order valence-corrected chi connectivity index (χ4v) is 1.74. The Labute approximate surface area is 120 Å². The molecule has 0 fully saturated rings. The van der Waals surface area contributed by atoms with Gasteiger partial charge in [-0.15, -0.1) is 0 Å². The van der Waals surface area contributed by atoms with Gasteiger partial charge in [-0.05, 0) is 31.5 Å². The summed E-state index contributed by atoms with van der Waals surface area (Å²) in [6, 6.07) is 7.12. The van der Waals surface area contributed by atoms with Crippen molar-refractivity contribution < 1.29 is 9.32 Å². The monoisotopic (exact) mass is 292 g/mol. The minimum Gasteiger partial charge on any atom is -0.367 e. The summed E-state index contributed by atoms with van der Waals surface area (Å²) in [5, 5.41) is 8.26. The van der Waals surface area contributed by atoms with Crippen molar-refractivity contribution in [2.24, 2.45) is 5.10 Å². The van der Waals surface area contributed by atoms with E-state index in [-0.39, 0.29) is 11.4 Å². The lowest BCUT2D eigenvalue weighted by Crippen LogP contribution is -2.20. The molecular formula is C13H13ClN4O2. The molecule has 20 heavy (non-hydrogen) atoms. The molecule has 2 rings (SSSR count). The van der Waals surface area contributed by atoms with Gasteiger partial charge in [-0.25, -0.2) is 5.43 Å². The minimum absolute atomic E-state index is 0.0284. The zero-order chi connectivity index (χ0) is 14.7. The Bertz CT molecular complexity index is 642. The molecule has 7 heteroatoms. The van der Waals surface area contributed by atoms with Gasteiger partial charge in [0.15, 0.2) is 0 Å². The fourth-order valence-electron chi connectivity index (χ4n) is 1.61. The second-order valence-electron chi connectivity index (χ2n) is 4.15. The van der Waals surface area contributed by atoms with E-state index in [0.717, 1.165) is 5.56 Å². The van der Waals surface area contributed by atoms with Gasteiger partial charge >= 0.3 is 0 Å². The Morgan fingerprint density at radius 1 is 1.40 bits per heavy atom. The minimum atomic E-state index is -0.463. The summed E-state index contributed by atoms with van der Waals surface area (Å²) in [6.45, 7) is 3.40. The third kappa shape index (κ3) is 2.97. The summed E-state index contributed by atoms with van der Waals surface area (Å²) in [4.78, 5) is 11.9. The lowest BCUT2D eigenvalue weighted by atomic mass is 10.1. The molecule has 0 aliphatic rings. The van der Waals surface area contributed by atoms with Gasteiger partial charge in [0.05, 0.1) is 11.4 Å². The highest BCUT2D eigenvalue weighted by atomic mass is 35.5. The first-order valence-corrected chi connectivity index (χ1v) is 6.19. The first kappa shape index (κ1) is 14.1. The molecule has 0 aliphatic heterocycles. The van der Waals surface area contributed by atoms with Crippen LogP contribution < -0.4 is 11.2 Å². The number of aryl methyl sites for hydroxylation is 1. The molecule has 3 N–H and O–H groups in total. The van der Waals surface area contributed by atoms with E-state index in [1.54, 1.807) is 26.0 Å². The molecule has 6 nitrogen and oxygen atoms in total. The van der Waals surface area contributed by atoms with Gasteiger partial charge in [-0.2, -0.15) is 5.10 Å².